The Balaban J connectivity index is 1.65. The lowest BCUT2D eigenvalue weighted by atomic mass is 9.78. The summed E-state index contributed by atoms with van der Waals surface area (Å²) in [6.45, 7) is 6.47. The topological polar surface area (TPSA) is 46.2 Å². The third-order valence-electron chi connectivity index (χ3n) is 5.51. The molecule has 2 aliphatic heterocycles. The van der Waals surface area contributed by atoms with E-state index < -0.39 is 5.79 Å². The van der Waals surface area contributed by atoms with Gasteiger partial charge in [0.25, 0.3) is 0 Å². The fraction of sp³-hybridized carbons (Fsp3) is 0.700. The van der Waals surface area contributed by atoms with Gasteiger partial charge in [-0.05, 0) is 17.9 Å². The van der Waals surface area contributed by atoms with E-state index in [0.717, 1.165) is 25.0 Å². The summed E-state index contributed by atoms with van der Waals surface area (Å²) in [5.41, 5.74) is 1.15. The molecule has 140 valence electrons. The number of methoxy groups -OCH3 is 1. The maximum Gasteiger partial charge on any atom is 0.171 e. The number of benzene rings is 1. The van der Waals surface area contributed by atoms with Crippen LogP contribution in [0.25, 0.3) is 0 Å². The fourth-order valence-corrected chi connectivity index (χ4v) is 3.94. The van der Waals surface area contributed by atoms with Crippen molar-refractivity contribution in [1.82, 2.24) is 0 Å². The fourth-order valence-electron chi connectivity index (χ4n) is 3.94. The summed E-state index contributed by atoms with van der Waals surface area (Å²) >= 11 is 0. The molecule has 0 amide bonds. The van der Waals surface area contributed by atoms with Crippen molar-refractivity contribution in [1.29, 1.82) is 0 Å². The van der Waals surface area contributed by atoms with Gasteiger partial charge in [-0.1, -0.05) is 44.2 Å². The van der Waals surface area contributed by atoms with Gasteiger partial charge in [0.2, 0.25) is 0 Å². The van der Waals surface area contributed by atoms with Crippen LogP contribution in [0.4, 0.5) is 0 Å². The van der Waals surface area contributed by atoms with Crippen molar-refractivity contribution in [3.8, 4) is 0 Å². The molecule has 2 aliphatic rings. The van der Waals surface area contributed by atoms with E-state index in [2.05, 4.69) is 26.0 Å². The van der Waals surface area contributed by atoms with Crippen LogP contribution in [-0.2, 0) is 30.3 Å². The lowest BCUT2D eigenvalue weighted by molar-refractivity contribution is -0.334. The highest BCUT2D eigenvalue weighted by Crippen LogP contribution is 2.45. The highest BCUT2D eigenvalue weighted by atomic mass is 16.7. The molecule has 2 heterocycles. The van der Waals surface area contributed by atoms with Crippen molar-refractivity contribution in [2.75, 3.05) is 27.1 Å². The largest absolute Gasteiger partial charge is 0.374 e. The molecule has 3 rings (SSSR count). The van der Waals surface area contributed by atoms with Gasteiger partial charge in [-0.25, -0.2) is 0 Å². The Morgan fingerprint density at radius 3 is 2.68 bits per heavy atom. The van der Waals surface area contributed by atoms with Crippen LogP contribution < -0.4 is 0 Å². The number of ether oxygens (including phenoxy) is 5. The summed E-state index contributed by atoms with van der Waals surface area (Å²) in [6, 6.07) is 10.2. The van der Waals surface area contributed by atoms with Gasteiger partial charge in [0.1, 0.15) is 12.9 Å². The van der Waals surface area contributed by atoms with Gasteiger partial charge in [0.15, 0.2) is 5.79 Å². The van der Waals surface area contributed by atoms with Gasteiger partial charge in [0, 0.05) is 19.4 Å². The van der Waals surface area contributed by atoms with Gasteiger partial charge in [-0.3, -0.25) is 0 Å². The van der Waals surface area contributed by atoms with Gasteiger partial charge in [-0.2, -0.15) is 0 Å². The maximum atomic E-state index is 6.44. The molecule has 0 N–H and O–H groups in total. The van der Waals surface area contributed by atoms with Crippen LogP contribution in [0.15, 0.2) is 30.3 Å². The van der Waals surface area contributed by atoms with Crippen LogP contribution in [-0.4, -0.2) is 45.1 Å². The molecule has 5 nitrogen and oxygen atoms in total. The van der Waals surface area contributed by atoms with Crippen LogP contribution in [0.1, 0.15) is 32.3 Å². The Morgan fingerprint density at radius 2 is 2.00 bits per heavy atom. The smallest absolute Gasteiger partial charge is 0.171 e. The molecule has 2 saturated heterocycles. The van der Waals surface area contributed by atoms with Crippen molar-refractivity contribution >= 4 is 0 Å². The summed E-state index contributed by atoms with van der Waals surface area (Å²) < 4.78 is 29.5. The molecule has 25 heavy (non-hydrogen) atoms. The second-order valence-electron chi connectivity index (χ2n) is 7.11. The molecule has 5 atom stereocenters. The average Bonchev–Trinajstić information content (AvgIpc) is 3.10. The second-order valence-corrected chi connectivity index (χ2v) is 7.11. The third kappa shape index (κ3) is 4.23. The van der Waals surface area contributed by atoms with Crippen molar-refractivity contribution < 1.29 is 23.7 Å². The summed E-state index contributed by atoms with van der Waals surface area (Å²) in [6.07, 6.45) is 1.74. The number of rotatable bonds is 7. The standard InChI is InChI=1S/C20H30O5/c1-15-16(2)20(10-7-11-24-20)25-18(19(15)23-14-21-3)13-22-12-17-8-5-4-6-9-17/h4-6,8-9,15-16,18-19H,7,10-14H2,1-3H3/t15-,16-,18-,19+,20+/m0/s1. The first kappa shape index (κ1) is 18.8. The molecule has 0 unspecified atom stereocenters. The van der Waals surface area contributed by atoms with Crippen molar-refractivity contribution in [3.63, 3.8) is 0 Å². The Bertz CT molecular complexity index is 514. The van der Waals surface area contributed by atoms with Crippen LogP contribution in [0, 0.1) is 11.8 Å². The van der Waals surface area contributed by atoms with Crippen LogP contribution in [0.3, 0.4) is 0 Å². The predicted molar refractivity (Wildman–Crippen MR) is 94.0 cm³/mol. The zero-order valence-electron chi connectivity index (χ0n) is 15.5. The number of hydrogen-bond acceptors (Lipinski definition) is 5. The van der Waals surface area contributed by atoms with Gasteiger partial charge in [-0.15, -0.1) is 0 Å². The van der Waals surface area contributed by atoms with E-state index in [9.17, 15) is 0 Å². The lowest BCUT2D eigenvalue weighted by Crippen LogP contribution is -2.58. The molecule has 0 saturated carbocycles. The molecule has 1 spiro atoms. The summed E-state index contributed by atoms with van der Waals surface area (Å²) in [7, 11) is 1.64. The Labute approximate surface area is 150 Å². The van der Waals surface area contributed by atoms with E-state index in [1.807, 2.05) is 18.2 Å². The first-order valence-corrected chi connectivity index (χ1v) is 9.20. The minimum absolute atomic E-state index is 0.0689. The molecule has 0 bridgehead atoms. The van der Waals surface area contributed by atoms with Gasteiger partial charge in [0.05, 0.1) is 25.9 Å². The first-order valence-electron chi connectivity index (χ1n) is 9.20. The summed E-state index contributed by atoms with van der Waals surface area (Å²) in [5, 5.41) is 0. The second kappa shape index (κ2) is 8.60. The van der Waals surface area contributed by atoms with Gasteiger partial charge >= 0.3 is 0 Å². The quantitative estimate of drug-likeness (QED) is 0.706. The monoisotopic (exact) mass is 350 g/mol. The lowest BCUT2D eigenvalue weighted by Gasteiger charge is -2.49. The molecular weight excluding hydrogens is 320 g/mol. The van der Waals surface area contributed by atoms with E-state index in [0.29, 0.717) is 19.1 Å². The third-order valence-corrected chi connectivity index (χ3v) is 5.51. The molecule has 0 aromatic heterocycles. The summed E-state index contributed by atoms with van der Waals surface area (Å²) in [5.74, 6) is 0.0715. The predicted octanol–water partition coefficient (Wildman–Crippen LogP) is 3.37. The summed E-state index contributed by atoms with van der Waals surface area (Å²) in [4.78, 5) is 0. The molecule has 2 fully saturated rings. The minimum atomic E-state index is -0.493. The van der Waals surface area contributed by atoms with Crippen LogP contribution in [0.2, 0.25) is 0 Å². The maximum absolute atomic E-state index is 6.44. The number of hydrogen-bond donors (Lipinski definition) is 0. The zero-order valence-corrected chi connectivity index (χ0v) is 15.5. The molecule has 1 aromatic rings. The molecular formula is C20H30O5. The van der Waals surface area contributed by atoms with E-state index in [1.54, 1.807) is 7.11 Å². The SMILES string of the molecule is COCO[C@@H]1[C@@H](C)[C@H](C)[C@@]2(CCCO2)O[C@H]1COCc1ccccc1. The molecule has 0 radical (unpaired) electrons. The minimum Gasteiger partial charge on any atom is -0.374 e. The van der Waals surface area contributed by atoms with Crippen LogP contribution in [0.5, 0.6) is 0 Å². The van der Waals surface area contributed by atoms with Crippen molar-refractivity contribution in [3.05, 3.63) is 35.9 Å². The highest BCUT2D eigenvalue weighted by molar-refractivity contribution is 5.13. The van der Waals surface area contributed by atoms with Crippen LogP contribution >= 0.6 is 0 Å². The molecule has 5 heteroatoms. The van der Waals surface area contributed by atoms with E-state index in [4.69, 9.17) is 23.7 Å². The Morgan fingerprint density at radius 1 is 1.20 bits per heavy atom. The Hall–Kier alpha value is -0.980. The van der Waals surface area contributed by atoms with Crippen molar-refractivity contribution in [2.24, 2.45) is 11.8 Å². The molecule has 1 aromatic carbocycles. The van der Waals surface area contributed by atoms with E-state index >= 15 is 0 Å². The molecule has 0 aliphatic carbocycles. The van der Waals surface area contributed by atoms with E-state index in [-0.39, 0.29) is 24.9 Å². The van der Waals surface area contributed by atoms with E-state index in [1.165, 1.54) is 0 Å². The normalized spacial score (nSPS) is 35.3. The first-order chi connectivity index (χ1) is 12.2. The Kier molecular flexibility index (Phi) is 6.47. The van der Waals surface area contributed by atoms with Gasteiger partial charge < -0.3 is 23.7 Å². The zero-order chi connectivity index (χ0) is 17.7. The average molecular weight is 350 g/mol. The van der Waals surface area contributed by atoms with Crippen molar-refractivity contribution in [2.45, 2.75) is 51.3 Å². The highest BCUT2D eigenvalue weighted by Gasteiger charge is 2.53.